The number of hydrogen-bond acceptors (Lipinski definition) is 3. The van der Waals surface area contributed by atoms with Gasteiger partial charge in [-0.05, 0) is 66.2 Å². The Kier molecular flexibility index (Phi) is 21.9. The van der Waals surface area contributed by atoms with E-state index in [-0.39, 0.29) is 5.41 Å². The Balaban J connectivity index is 1.06. The van der Waals surface area contributed by atoms with Gasteiger partial charge in [0.2, 0.25) is 0 Å². The minimum atomic E-state index is 0.230. The second-order valence-electron chi connectivity index (χ2n) is 15.9. The summed E-state index contributed by atoms with van der Waals surface area (Å²) >= 11 is 0. The van der Waals surface area contributed by atoms with Crippen molar-refractivity contribution < 1.29 is 0 Å². The van der Waals surface area contributed by atoms with E-state index in [2.05, 4.69) is 132 Å². The Bertz CT molecular complexity index is 1290. The first kappa shape index (κ1) is 42.5. The van der Waals surface area contributed by atoms with Gasteiger partial charge < -0.3 is 16.4 Å². The highest BCUT2D eigenvalue weighted by Crippen LogP contribution is 2.37. The topological polar surface area (TPSA) is 50.1 Å². The van der Waals surface area contributed by atoms with E-state index in [4.69, 9.17) is 5.73 Å². The highest BCUT2D eigenvalue weighted by atomic mass is 15.0. The number of hydrogen-bond donors (Lipinski definition) is 3. The third-order valence-corrected chi connectivity index (χ3v) is 11.2. The van der Waals surface area contributed by atoms with Gasteiger partial charge in [0.25, 0.3) is 0 Å². The van der Waals surface area contributed by atoms with E-state index in [0.29, 0.717) is 12.6 Å². The zero-order valence-electron chi connectivity index (χ0n) is 33.2. The molecule has 0 spiro atoms. The summed E-state index contributed by atoms with van der Waals surface area (Å²) in [6, 6.07) is 45.2. The Labute approximate surface area is 325 Å². The molecule has 0 aromatic heterocycles. The lowest BCUT2D eigenvalue weighted by Gasteiger charge is -2.35. The van der Waals surface area contributed by atoms with Crippen molar-refractivity contribution in [1.82, 2.24) is 10.6 Å². The molecular weight excluding hydrogens is 643 g/mol. The van der Waals surface area contributed by atoms with E-state index >= 15 is 0 Å². The molecule has 0 aliphatic rings. The van der Waals surface area contributed by atoms with Gasteiger partial charge in [-0.25, -0.2) is 0 Å². The zero-order valence-corrected chi connectivity index (χ0v) is 33.2. The zero-order chi connectivity index (χ0) is 36.9. The predicted molar refractivity (Wildman–Crippen MR) is 231 cm³/mol. The second kappa shape index (κ2) is 27.4. The standard InChI is InChI=1S/C50H73N3/c51-37-38-52-39-40-53-49(41-45-27-17-13-18-28-45)35-25-11-9-7-5-3-1-2-4-6-8-10-12-26-36-50(42-46-29-19-14-20-30-46,43-47-31-21-15-22-32-47)44-48-33-23-16-24-34-48/h13-24,27-34,49,52-53H,1-12,25-26,35-44,51H2. The van der Waals surface area contributed by atoms with Crippen molar-refractivity contribution in [2.24, 2.45) is 11.1 Å². The van der Waals surface area contributed by atoms with Gasteiger partial charge in [0.1, 0.15) is 0 Å². The third kappa shape index (κ3) is 19.1. The van der Waals surface area contributed by atoms with Crippen LogP contribution >= 0.6 is 0 Å². The van der Waals surface area contributed by atoms with Crippen LogP contribution in [-0.4, -0.2) is 32.2 Å². The summed E-state index contributed by atoms with van der Waals surface area (Å²) in [5.74, 6) is 0. The van der Waals surface area contributed by atoms with Gasteiger partial charge in [-0.1, -0.05) is 211 Å². The van der Waals surface area contributed by atoms with Crippen molar-refractivity contribution in [2.45, 2.75) is 134 Å². The summed E-state index contributed by atoms with van der Waals surface area (Å²) in [4.78, 5) is 0. The molecule has 1 atom stereocenters. The number of unbranched alkanes of at least 4 members (excludes halogenated alkanes) is 13. The molecule has 0 bridgehead atoms. The molecule has 53 heavy (non-hydrogen) atoms. The van der Waals surface area contributed by atoms with Crippen LogP contribution in [0, 0.1) is 5.41 Å². The summed E-state index contributed by atoms with van der Waals surface area (Å²) in [6.45, 7) is 3.60. The van der Waals surface area contributed by atoms with E-state index in [1.807, 2.05) is 0 Å². The minimum absolute atomic E-state index is 0.230. The molecule has 0 aliphatic heterocycles. The van der Waals surface area contributed by atoms with Crippen LogP contribution in [0.3, 0.4) is 0 Å². The number of nitrogens with two attached hydrogens (primary N) is 1. The van der Waals surface area contributed by atoms with Crippen LogP contribution in [0.15, 0.2) is 121 Å². The molecule has 1 unspecified atom stereocenters. The number of rotatable bonds is 31. The van der Waals surface area contributed by atoms with Crippen molar-refractivity contribution in [3.8, 4) is 0 Å². The highest BCUT2D eigenvalue weighted by Gasteiger charge is 2.31. The molecule has 288 valence electrons. The van der Waals surface area contributed by atoms with Crippen molar-refractivity contribution in [3.05, 3.63) is 144 Å². The van der Waals surface area contributed by atoms with Gasteiger partial charge in [0.05, 0.1) is 0 Å². The number of benzene rings is 4. The van der Waals surface area contributed by atoms with Crippen LogP contribution in [0.5, 0.6) is 0 Å². The first-order valence-corrected chi connectivity index (χ1v) is 21.5. The first-order chi connectivity index (χ1) is 26.2. The van der Waals surface area contributed by atoms with Crippen LogP contribution in [0.25, 0.3) is 0 Å². The van der Waals surface area contributed by atoms with Crippen LogP contribution in [0.2, 0.25) is 0 Å². The summed E-state index contributed by atoms with van der Waals surface area (Å²) < 4.78 is 0. The molecule has 0 aliphatic carbocycles. The quantitative estimate of drug-likeness (QED) is 0.0455. The molecule has 0 heterocycles. The fraction of sp³-hybridized carbons (Fsp3) is 0.520. The molecule has 0 saturated heterocycles. The Hall–Kier alpha value is -3.24. The minimum Gasteiger partial charge on any atom is -0.329 e. The third-order valence-electron chi connectivity index (χ3n) is 11.2. The van der Waals surface area contributed by atoms with Gasteiger partial charge >= 0.3 is 0 Å². The van der Waals surface area contributed by atoms with E-state index < -0.39 is 0 Å². The largest absolute Gasteiger partial charge is 0.329 e. The van der Waals surface area contributed by atoms with Crippen molar-refractivity contribution >= 4 is 0 Å². The lowest BCUT2D eigenvalue weighted by Crippen LogP contribution is -2.37. The molecule has 0 saturated carbocycles. The molecule has 4 aromatic carbocycles. The van der Waals surface area contributed by atoms with E-state index in [0.717, 1.165) is 45.3 Å². The summed E-state index contributed by atoms with van der Waals surface area (Å²) in [5.41, 5.74) is 11.7. The SMILES string of the molecule is NCCNCCNC(CCCCCCCCCCCCCCCCC(Cc1ccccc1)(Cc1ccccc1)Cc1ccccc1)Cc1ccccc1. The fourth-order valence-electron chi connectivity index (χ4n) is 8.32. The molecular formula is C50H73N3. The van der Waals surface area contributed by atoms with E-state index in [9.17, 15) is 0 Å². The molecule has 0 fully saturated rings. The maximum atomic E-state index is 5.62. The molecule has 4 N–H and O–H groups in total. The average molecular weight is 716 g/mol. The lowest BCUT2D eigenvalue weighted by atomic mass is 9.69. The van der Waals surface area contributed by atoms with Crippen LogP contribution < -0.4 is 16.4 Å². The second-order valence-corrected chi connectivity index (χ2v) is 15.9. The van der Waals surface area contributed by atoms with E-state index in [1.165, 1.54) is 125 Å². The maximum absolute atomic E-state index is 5.62. The highest BCUT2D eigenvalue weighted by molar-refractivity contribution is 5.24. The summed E-state index contributed by atoms with van der Waals surface area (Å²) in [6.07, 6.45) is 26.5. The van der Waals surface area contributed by atoms with Crippen LogP contribution in [-0.2, 0) is 25.7 Å². The van der Waals surface area contributed by atoms with Crippen LogP contribution in [0.4, 0.5) is 0 Å². The molecule has 0 radical (unpaired) electrons. The summed E-state index contributed by atoms with van der Waals surface area (Å²) in [7, 11) is 0. The molecule has 4 rings (SSSR count). The van der Waals surface area contributed by atoms with Gasteiger partial charge in [0.15, 0.2) is 0 Å². The fourth-order valence-corrected chi connectivity index (χ4v) is 8.32. The Morgan fingerprint density at radius 3 is 1.21 bits per heavy atom. The molecule has 3 nitrogen and oxygen atoms in total. The summed E-state index contributed by atoms with van der Waals surface area (Å²) in [5, 5.41) is 7.21. The van der Waals surface area contributed by atoms with Gasteiger partial charge in [0, 0.05) is 32.2 Å². The average Bonchev–Trinajstić information content (AvgIpc) is 3.19. The van der Waals surface area contributed by atoms with Crippen molar-refractivity contribution in [1.29, 1.82) is 0 Å². The smallest absolute Gasteiger partial charge is 0.0108 e. The molecule has 0 amide bonds. The Morgan fingerprint density at radius 2 is 0.792 bits per heavy atom. The van der Waals surface area contributed by atoms with Gasteiger partial charge in [-0.3, -0.25) is 0 Å². The van der Waals surface area contributed by atoms with E-state index in [1.54, 1.807) is 0 Å². The first-order valence-electron chi connectivity index (χ1n) is 21.5. The van der Waals surface area contributed by atoms with Crippen molar-refractivity contribution in [3.63, 3.8) is 0 Å². The normalized spacial score (nSPS) is 12.2. The predicted octanol–water partition coefficient (Wildman–Crippen LogP) is 11.7. The maximum Gasteiger partial charge on any atom is 0.0108 e. The molecule has 3 heteroatoms. The van der Waals surface area contributed by atoms with Gasteiger partial charge in [-0.2, -0.15) is 0 Å². The molecule has 4 aromatic rings. The lowest BCUT2D eigenvalue weighted by molar-refractivity contribution is 0.243. The Morgan fingerprint density at radius 1 is 0.415 bits per heavy atom. The number of nitrogens with one attached hydrogen (secondary N) is 2. The van der Waals surface area contributed by atoms with Crippen LogP contribution in [0.1, 0.15) is 125 Å². The van der Waals surface area contributed by atoms with Gasteiger partial charge in [-0.15, -0.1) is 0 Å². The monoisotopic (exact) mass is 716 g/mol. The van der Waals surface area contributed by atoms with Crippen molar-refractivity contribution in [2.75, 3.05) is 26.2 Å².